The molecule has 0 bridgehead atoms. The highest BCUT2D eigenvalue weighted by atomic mass is 35.5. The molecule has 0 aromatic carbocycles. The third-order valence-corrected chi connectivity index (χ3v) is 0.484. The van der Waals surface area contributed by atoms with E-state index in [4.69, 9.17) is 0 Å². The van der Waals surface area contributed by atoms with Crippen molar-refractivity contribution in [2.45, 2.75) is 6.92 Å². The normalized spacial score (nSPS) is 7.22. The van der Waals surface area contributed by atoms with Gasteiger partial charge in [0.2, 0.25) is 0 Å². The van der Waals surface area contributed by atoms with Gasteiger partial charge in [0.1, 0.15) is 0 Å². The van der Waals surface area contributed by atoms with Gasteiger partial charge < -0.3 is 4.84 Å². The van der Waals surface area contributed by atoms with Crippen molar-refractivity contribution in [2.24, 2.45) is 0 Å². The summed E-state index contributed by atoms with van der Waals surface area (Å²) < 4.78 is 0. The van der Waals surface area contributed by atoms with E-state index in [1.54, 1.807) is 0 Å². The first-order valence-electron chi connectivity index (χ1n) is 2.37. The van der Waals surface area contributed by atoms with Crippen LogP contribution in [-0.4, -0.2) is 12.5 Å². The Bertz CT molecular complexity index is 95.0. The fourth-order valence-corrected chi connectivity index (χ4v) is 0.185. The summed E-state index contributed by atoms with van der Waals surface area (Å²) in [6.07, 6.45) is 1.10. The van der Waals surface area contributed by atoms with Gasteiger partial charge in [-0.3, -0.25) is 0 Å². The van der Waals surface area contributed by atoms with Crippen molar-refractivity contribution >= 4 is 18.4 Å². The molecule has 0 amide bonds. The number of halogens is 1. The average molecular weight is 152 g/mol. The highest BCUT2D eigenvalue weighted by Gasteiger charge is 1.89. The zero-order valence-corrected chi connectivity index (χ0v) is 6.03. The van der Waals surface area contributed by atoms with Gasteiger partial charge in [-0.2, -0.15) is 5.48 Å². The molecule has 0 fully saturated rings. The van der Waals surface area contributed by atoms with Crippen molar-refractivity contribution in [3.8, 4) is 0 Å². The number of hydrogen-bond acceptors (Lipinski definition) is 3. The molecule has 0 unspecified atom stereocenters. The van der Waals surface area contributed by atoms with E-state index in [1.807, 2.05) is 6.92 Å². The van der Waals surface area contributed by atoms with E-state index in [0.717, 1.165) is 6.08 Å². The third kappa shape index (κ3) is 7.46. The maximum absolute atomic E-state index is 10.2. The molecular formula is C5H10ClNO2. The second-order valence-corrected chi connectivity index (χ2v) is 1.12. The molecule has 0 saturated carbocycles. The fourth-order valence-electron chi connectivity index (χ4n) is 0.185. The molecule has 3 nitrogen and oxygen atoms in total. The Morgan fingerprint density at radius 3 is 2.78 bits per heavy atom. The van der Waals surface area contributed by atoms with Crippen molar-refractivity contribution in [2.75, 3.05) is 6.54 Å². The van der Waals surface area contributed by atoms with E-state index in [-0.39, 0.29) is 12.4 Å². The van der Waals surface area contributed by atoms with Crippen LogP contribution in [0.4, 0.5) is 0 Å². The number of hydrogen-bond donors (Lipinski definition) is 1. The van der Waals surface area contributed by atoms with Crippen molar-refractivity contribution in [1.29, 1.82) is 0 Å². The van der Waals surface area contributed by atoms with Crippen LogP contribution in [0.25, 0.3) is 0 Å². The molecule has 9 heavy (non-hydrogen) atoms. The molecule has 0 radical (unpaired) electrons. The summed E-state index contributed by atoms with van der Waals surface area (Å²) in [7, 11) is 0. The molecule has 0 rings (SSSR count). The van der Waals surface area contributed by atoms with Crippen LogP contribution in [-0.2, 0) is 9.63 Å². The van der Waals surface area contributed by atoms with Gasteiger partial charge in [0.15, 0.2) is 0 Å². The van der Waals surface area contributed by atoms with Crippen LogP contribution in [0.15, 0.2) is 12.7 Å². The van der Waals surface area contributed by atoms with Crippen LogP contribution < -0.4 is 5.48 Å². The van der Waals surface area contributed by atoms with Crippen molar-refractivity contribution in [3.63, 3.8) is 0 Å². The molecule has 1 N–H and O–H groups in total. The molecule has 0 saturated heterocycles. The van der Waals surface area contributed by atoms with Gasteiger partial charge in [-0.05, 0) is 6.92 Å². The van der Waals surface area contributed by atoms with Crippen molar-refractivity contribution in [3.05, 3.63) is 12.7 Å². The van der Waals surface area contributed by atoms with Crippen LogP contribution in [0.5, 0.6) is 0 Å². The van der Waals surface area contributed by atoms with E-state index >= 15 is 0 Å². The lowest BCUT2D eigenvalue weighted by Gasteiger charge is -1.96. The van der Waals surface area contributed by atoms with E-state index < -0.39 is 5.97 Å². The smallest absolute Gasteiger partial charge is 0.348 e. The maximum atomic E-state index is 10.2. The molecule has 0 aromatic rings. The molecule has 0 spiro atoms. The Morgan fingerprint density at radius 1 is 1.89 bits per heavy atom. The number of carbonyl (C=O) groups excluding carboxylic acids is 1. The lowest BCUT2D eigenvalue weighted by atomic mass is 10.7. The Balaban J connectivity index is 0. The van der Waals surface area contributed by atoms with Gasteiger partial charge in [0, 0.05) is 12.6 Å². The number of nitrogens with one attached hydrogen (secondary N) is 1. The topological polar surface area (TPSA) is 38.3 Å². The minimum absolute atomic E-state index is 0. The Kier molecular flexibility index (Phi) is 9.35. The van der Waals surface area contributed by atoms with E-state index in [9.17, 15) is 4.79 Å². The molecule has 4 heteroatoms. The molecule has 0 atom stereocenters. The predicted molar refractivity (Wildman–Crippen MR) is 37.2 cm³/mol. The summed E-state index contributed by atoms with van der Waals surface area (Å²) in [5.74, 6) is -0.452. The summed E-state index contributed by atoms with van der Waals surface area (Å²) in [5.41, 5.74) is 2.38. The van der Waals surface area contributed by atoms with Crippen LogP contribution in [0.2, 0.25) is 0 Å². The molecule has 54 valence electrons. The van der Waals surface area contributed by atoms with Gasteiger partial charge in [0.25, 0.3) is 0 Å². The Hall–Kier alpha value is -0.540. The summed E-state index contributed by atoms with van der Waals surface area (Å²) >= 11 is 0. The van der Waals surface area contributed by atoms with E-state index in [2.05, 4.69) is 16.9 Å². The maximum Gasteiger partial charge on any atom is 0.348 e. The van der Waals surface area contributed by atoms with Crippen LogP contribution in [0, 0.1) is 0 Å². The fraction of sp³-hybridized carbons (Fsp3) is 0.400. The summed E-state index contributed by atoms with van der Waals surface area (Å²) in [6, 6.07) is 0. The largest absolute Gasteiger partial charge is 0.367 e. The highest BCUT2D eigenvalue weighted by Crippen LogP contribution is 1.70. The zero-order valence-electron chi connectivity index (χ0n) is 5.22. The van der Waals surface area contributed by atoms with Crippen molar-refractivity contribution < 1.29 is 9.63 Å². The molecule has 0 aliphatic carbocycles. The monoisotopic (exact) mass is 151 g/mol. The Morgan fingerprint density at radius 2 is 2.44 bits per heavy atom. The van der Waals surface area contributed by atoms with Gasteiger partial charge in [-0.1, -0.05) is 6.58 Å². The van der Waals surface area contributed by atoms with Gasteiger partial charge in [0.05, 0.1) is 0 Å². The van der Waals surface area contributed by atoms with Crippen LogP contribution in [0.1, 0.15) is 6.92 Å². The van der Waals surface area contributed by atoms with Crippen molar-refractivity contribution in [1.82, 2.24) is 5.48 Å². The second-order valence-electron chi connectivity index (χ2n) is 1.12. The number of hydroxylamine groups is 1. The first-order chi connectivity index (χ1) is 3.81. The quantitative estimate of drug-likeness (QED) is 0.476. The Labute approximate surface area is 60.4 Å². The lowest BCUT2D eigenvalue weighted by Crippen LogP contribution is -2.17. The first kappa shape index (κ1) is 11.3. The SMILES string of the molecule is C=CC(=O)ONCC.Cl. The molecule has 0 aromatic heterocycles. The number of carbonyl (C=O) groups is 1. The highest BCUT2D eigenvalue weighted by molar-refractivity contribution is 5.85. The third-order valence-electron chi connectivity index (χ3n) is 0.484. The second kappa shape index (κ2) is 7.46. The zero-order chi connectivity index (χ0) is 6.41. The van der Waals surface area contributed by atoms with Gasteiger partial charge >= 0.3 is 5.97 Å². The summed E-state index contributed by atoms with van der Waals surface area (Å²) in [5, 5.41) is 0. The van der Waals surface area contributed by atoms with E-state index in [0.29, 0.717) is 6.54 Å². The number of rotatable bonds is 3. The van der Waals surface area contributed by atoms with Crippen LogP contribution >= 0.6 is 12.4 Å². The standard InChI is InChI=1S/C5H9NO2.ClH/c1-3-5(7)8-6-4-2;/h3,6H,1,4H2,2H3;1H. The minimum Gasteiger partial charge on any atom is -0.367 e. The van der Waals surface area contributed by atoms with E-state index in [1.165, 1.54) is 0 Å². The molecule has 0 heterocycles. The lowest BCUT2D eigenvalue weighted by molar-refractivity contribution is -0.144. The molecule has 0 aliphatic rings. The van der Waals surface area contributed by atoms with Gasteiger partial charge in [-0.25, -0.2) is 4.79 Å². The predicted octanol–water partition coefficient (Wildman–Crippen LogP) is 0.662. The molecule has 0 aliphatic heterocycles. The van der Waals surface area contributed by atoms with Gasteiger partial charge in [-0.15, -0.1) is 12.4 Å². The summed E-state index contributed by atoms with van der Waals surface area (Å²) in [6.45, 7) is 5.64. The molecular weight excluding hydrogens is 142 g/mol. The summed E-state index contributed by atoms with van der Waals surface area (Å²) in [4.78, 5) is 14.5. The van der Waals surface area contributed by atoms with Crippen LogP contribution in [0.3, 0.4) is 0 Å². The average Bonchev–Trinajstić information content (AvgIpc) is 1.83. The minimum atomic E-state index is -0.452. The first-order valence-corrected chi connectivity index (χ1v) is 2.37.